The van der Waals surface area contributed by atoms with E-state index >= 15 is 0 Å². The summed E-state index contributed by atoms with van der Waals surface area (Å²) in [5.74, 6) is 1.41. The van der Waals surface area contributed by atoms with Gasteiger partial charge in [-0.05, 0) is 24.8 Å². The van der Waals surface area contributed by atoms with E-state index in [0.717, 1.165) is 36.7 Å². The van der Waals surface area contributed by atoms with Crippen LogP contribution in [0.15, 0.2) is 48.1 Å². The van der Waals surface area contributed by atoms with Gasteiger partial charge in [0.05, 0.1) is 5.75 Å². The molecule has 0 spiro atoms. The van der Waals surface area contributed by atoms with Crippen LogP contribution in [0.4, 0.5) is 0 Å². The Bertz CT molecular complexity index is 738. The molecule has 0 unspecified atom stereocenters. The number of rotatable bonds is 9. The number of amides is 1. The first-order valence-electron chi connectivity index (χ1n) is 9.75. The Labute approximate surface area is 165 Å². The average molecular weight is 385 g/mol. The maximum atomic E-state index is 12.3. The summed E-state index contributed by atoms with van der Waals surface area (Å²) in [5.41, 5.74) is 1.28. The molecular formula is C21H28N4OS. The molecule has 0 aliphatic heterocycles. The molecule has 144 valence electrons. The van der Waals surface area contributed by atoms with Crippen molar-refractivity contribution in [3.63, 3.8) is 0 Å². The van der Waals surface area contributed by atoms with Gasteiger partial charge in [0.1, 0.15) is 5.82 Å². The second kappa shape index (κ2) is 10.3. The molecule has 1 amide bonds. The lowest BCUT2D eigenvalue weighted by molar-refractivity contribution is -0.119. The minimum Gasteiger partial charge on any atom is -0.353 e. The lowest BCUT2D eigenvalue weighted by Crippen LogP contribution is -2.37. The highest BCUT2D eigenvalue weighted by molar-refractivity contribution is 7.99. The van der Waals surface area contributed by atoms with Gasteiger partial charge in [0.15, 0.2) is 5.16 Å². The fourth-order valence-corrected chi connectivity index (χ4v) is 4.25. The Balaban J connectivity index is 1.55. The second-order valence-corrected chi connectivity index (χ2v) is 7.92. The van der Waals surface area contributed by atoms with Crippen LogP contribution in [-0.2, 0) is 24.2 Å². The Morgan fingerprint density at radius 2 is 1.96 bits per heavy atom. The Hall–Kier alpha value is -2.08. The summed E-state index contributed by atoms with van der Waals surface area (Å²) in [6.07, 6.45) is 9.52. The van der Waals surface area contributed by atoms with E-state index in [1.54, 1.807) is 0 Å². The third-order valence-electron chi connectivity index (χ3n) is 4.89. The molecule has 1 aromatic carbocycles. The Morgan fingerprint density at radius 1 is 1.19 bits per heavy atom. The summed E-state index contributed by atoms with van der Waals surface area (Å²) in [4.78, 5) is 12.3. The zero-order valence-corrected chi connectivity index (χ0v) is 16.6. The fraction of sp³-hybridized carbons (Fsp3) is 0.476. The molecule has 1 aliphatic rings. The molecule has 2 aromatic rings. The van der Waals surface area contributed by atoms with E-state index in [0.29, 0.717) is 18.3 Å². The summed E-state index contributed by atoms with van der Waals surface area (Å²) in [7, 11) is 0. The van der Waals surface area contributed by atoms with Gasteiger partial charge >= 0.3 is 0 Å². The molecule has 3 rings (SSSR count). The van der Waals surface area contributed by atoms with Crippen LogP contribution in [0.1, 0.15) is 43.5 Å². The highest BCUT2D eigenvalue weighted by Crippen LogP contribution is 2.20. The molecule has 0 radical (unpaired) electrons. The van der Waals surface area contributed by atoms with Gasteiger partial charge < -0.3 is 9.88 Å². The molecule has 1 aromatic heterocycles. The van der Waals surface area contributed by atoms with Crippen LogP contribution in [0.5, 0.6) is 0 Å². The highest BCUT2D eigenvalue weighted by Gasteiger charge is 2.17. The van der Waals surface area contributed by atoms with Crippen LogP contribution >= 0.6 is 11.8 Å². The van der Waals surface area contributed by atoms with Crippen molar-refractivity contribution >= 4 is 17.7 Å². The first-order valence-corrected chi connectivity index (χ1v) is 10.7. The van der Waals surface area contributed by atoms with Crippen molar-refractivity contribution in [1.82, 2.24) is 20.1 Å². The van der Waals surface area contributed by atoms with Gasteiger partial charge in [-0.1, -0.05) is 67.4 Å². The van der Waals surface area contributed by atoms with Crippen LogP contribution in [0.25, 0.3) is 0 Å². The molecule has 6 heteroatoms. The first kappa shape index (κ1) is 19.7. The maximum Gasteiger partial charge on any atom is 0.230 e. The molecule has 0 atom stereocenters. The van der Waals surface area contributed by atoms with Crippen molar-refractivity contribution < 1.29 is 4.79 Å². The monoisotopic (exact) mass is 384 g/mol. The highest BCUT2D eigenvalue weighted by atomic mass is 32.2. The molecule has 5 nitrogen and oxygen atoms in total. The number of nitrogens with one attached hydrogen (secondary N) is 1. The van der Waals surface area contributed by atoms with Crippen LogP contribution in [0.3, 0.4) is 0 Å². The van der Waals surface area contributed by atoms with Crippen molar-refractivity contribution in [2.75, 3.05) is 5.75 Å². The number of carbonyl (C=O) groups is 1. The minimum absolute atomic E-state index is 0.0888. The van der Waals surface area contributed by atoms with Crippen molar-refractivity contribution in [2.45, 2.75) is 62.7 Å². The molecule has 1 N–H and O–H groups in total. The third kappa shape index (κ3) is 5.96. The average Bonchev–Trinajstić information content (AvgIpc) is 3.08. The summed E-state index contributed by atoms with van der Waals surface area (Å²) in [5, 5.41) is 12.6. The zero-order valence-electron chi connectivity index (χ0n) is 15.8. The first-order chi connectivity index (χ1) is 13.3. The number of carbonyl (C=O) groups excluding carboxylic acids is 1. The minimum atomic E-state index is 0.0888. The number of allylic oxidation sites excluding steroid dienone is 1. The number of aromatic nitrogens is 3. The van der Waals surface area contributed by atoms with Gasteiger partial charge in [0.2, 0.25) is 5.91 Å². The second-order valence-electron chi connectivity index (χ2n) is 6.97. The standard InChI is InChI=1S/C21H28N4OS/c1-2-15-25-19(14-13-17-9-5-3-6-10-17)23-24-21(25)27-16-20(26)22-18-11-7-4-8-12-18/h2-3,5-6,9-10,18H,1,4,7-8,11-16H2,(H,22,26). The van der Waals surface area contributed by atoms with Crippen LogP contribution in [0.2, 0.25) is 0 Å². The number of hydrogen-bond donors (Lipinski definition) is 1. The van der Waals surface area contributed by atoms with Crippen LogP contribution in [-0.4, -0.2) is 32.5 Å². The lowest BCUT2D eigenvalue weighted by Gasteiger charge is -2.22. The molecule has 1 heterocycles. The van der Waals surface area contributed by atoms with Crippen molar-refractivity contribution in [1.29, 1.82) is 0 Å². The van der Waals surface area contributed by atoms with E-state index < -0.39 is 0 Å². The van der Waals surface area contributed by atoms with Crippen molar-refractivity contribution in [2.24, 2.45) is 0 Å². The SMILES string of the molecule is C=CCn1c(CCc2ccccc2)nnc1SCC(=O)NC1CCCCC1. The van der Waals surface area contributed by atoms with Gasteiger partial charge in [-0.2, -0.15) is 0 Å². The zero-order chi connectivity index (χ0) is 18.9. The molecule has 27 heavy (non-hydrogen) atoms. The summed E-state index contributed by atoms with van der Waals surface area (Å²) >= 11 is 1.46. The maximum absolute atomic E-state index is 12.3. The smallest absolute Gasteiger partial charge is 0.230 e. The Morgan fingerprint density at radius 3 is 2.70 bits per heavy atom. The number of aryl methyl sites for hydroxylation is 2. The summed E-state index contributed by atoms with van der Waals surface area (Å²) in [6.45, 7) is 4.50. The largest absolute Gasteiger partial charge is 0.353 e. The number of nitrogens with zero attached hydrogens (tertiary/aromatic N) is 3. The van der Waals surface area contributed by atoms with Crippen molar-refractivity contribution in [3.05, 3.63) is 54.4 Å². The predicted octanol–water partition coefficient (Wildman–Crippen LogP) is 3.79. The quantitative estimate of drug-likeness (QED) is 0.528. The molecule has 0 bridgehead atoms. The van der Waals surface area contributed by atoms with Gasteiger partial charge in [-0.25, -0.2) is 0 Å². The molecule has 0 saturated heterocycles. The third-order valence-corrected chi connectivity index (χ3v) is 5.85. The summed E-state index contributed by atoms with van der Waals surface area (Å²) < 4.78 is 2.06. The van der Waals surface area contributed by atoms with Gasteiger partial charge in [-0.15, -0.1) is 16.8 Å². The predicted molar refractivity (Wildman–Crippen MR) is 110 cm³/mol. The van der Waals surface area contributed by atoms with E-state index in [4.69, 9.17) is 0 Å². The van der Waals surface area contributed by atoms with E-state index in [-0.39, 0.29) is 5.91 Å². The number of benzene rings is 1. The molecule has 1 aliphatic carbocycles. The normalized spacial score (nSPS) is 14.8. The molecule has 1 saturated carbocycles. The number of hydrogen-bond acceptors (Lipinski definition) is 4. The fourth-order valence-electron chi connectivity index (χ4n) is 3.47. The Kier molecular flexibility index (Phi) is 7.51. The molecular weight excluding hydrogens is 356 g/mol. The van der Waals surface area contributed by atoms with E-state index in [1.807, 2.05) is 12.1 Å². The van der Waals surface area contributed by atoms with Gasteiger partial charge in [0.25, 0.3) is 0 Å². The van der Waals surface area contributed by atoms with E-state index in [1.165, 1.54) is 36.6 Å². The van der Waals surface area contributed by atoms with Crippen LogP contribution in [0, 0.1) is 0 Å². The van der Waals surface area contributed by atoms with E-state index in [9.17, 15) is 4.79 Å². The van der Waals surface area contributed by atoms with E-state index in [2.05, 4.69) is 50.9 Å². The molecule has 1 fully saturated rings. The number of thioether (sulfide) groups is 1. The van der Waals surface area contributed by atoms with Gasteiger partial charge in [0, 0.05) is 19.0 Å². The lowest BCUT2D eigenvalue weighted by atomic mass is 9.95. The summed E-state index contributed by atoms with van der Waals surface area (Å²) in [6, 6.07) is 10.7. The topological polar surface area (TPSA) is 59.8 Å². The van der Waals surface area contributed by atoms with Gasteiger partial charge in [-0.3, -0.25) is 4.79 Å². The van der Waals surface area contributed by atoms with Crippen molar-refractivity contribution in [3.8, 4) is 0 Å². The van der Waals surface area contributed by atoms with Crippen LogP contribution < -0.4 is 5.32 Å².